The van der Waals surface area contributed by atoms with Crippen LogP contribution in [-0.2, 0) is 4.74 Å². The van der Waals surface area contributed by atoms with Crippen molar-refractivity contribution in [3.63, 3.8) is 0 Å². The van der Waals surface area contributed by atoms with Crippen LogP contribution >= 0.6 is 0 Å². The Balaban J connectivity index is 1.87. The molecule has 0 aliphatic carbocycles. The molecule has 2 aromatic rings. The standard InChI is InChI=1S/C14H16N2O3/c1-17-6-2-4-15-14-11-8-13-12(18-9-19-13)7-10(11)3-5-16-14/h3,5,7-8H,2,4,6,9H2,1H3,(H,15,16). The first-order chi connectivity index (χ1) is 9.38. The molecule has 0 atom stereocenters. The van der Waals surface area contributed by atoms with Gasteiger partial charge in [-0.05, 0) is 30.0 Å². The molecule has 0 bridgehead atoms. The van der Waals surface area contributed by atoms with E-state index in [1.807, 2.05) is 18.2 Å². The first-order valence-corrected chi connectivity index (χ1v) is 6.29. The Bertz CT molecular complexity index is 586. The predicted octanol–water partition coefficient (Wildman–Crippen LogP) is 2.41. The lowest BCUT2D eigenvalue weighted by Gasteiger charge is -2.09. The minimum Gasteiger partial charge on any atom is -0.454 e. The van der Waals surface area contributed by atoms with E-state index in [9.17, 15) is 0 Å². The van der Waals surface area contributed by atoms with E-state index in [1.165, 1.54) is 0 Å². The maximum absolute atomic E-state index is 5.41. The quantitative estimate of drug-likeness (QED) is 0.837. The number of pyridine rings is 1. The molecule has 1 aliphatic rings. The summed E-state index contributed by atoms with van der Waals surface area (Å²) in [5.74, 6) is 2.44. The van der Waals surface area contributed by atoms with Crippen LogP contribution in [0, 0.1) is 0 Å². The number of aromatic nitrogens is 1. The molecule has 0 amide bonds. The highest BCUT2D eigenvalue weighted by Gasteiger charge is 2.15. The minimum absolute atomic E-state index is 0.287. The second kappa shape index (κ2) is 5.32. The Morgan fingerprint density at radius 1 is 1.32 bits per heavy atom. The van der Waals surface area contributed by atoms with Crippen molar-refractivity contribution < 1.29 is 14.2 Å². The Kier molecular flexibility index (Phi) is 3.37. The number of nitrogens with zero attached hydrogens (tertiary/aromatic N) is 1. The Morgan fingerprint density at radius 3 is 3.00 bits per heavy atom. The second-order valence-electron chi connectivity index (χ2n) is 4.36. The molecule has 0 saturated carbocycles. The highest BCUT2D eigenvalue weighted by atomic mass is 16.7. The first-order valence-electron chi connectivity index (χ1n) is 6.29. The van der Waals surface area contributed by atoms with Gasteiger partial charge in [0.05, 0.1) is 0 Å². The zero-order valence-corrected chi connectivity index (χ0v) is 10.8. The Morgan fingerprint density at radius 2 is 2.16 bits per heavy atom. The fourth-order valence-corrected chi connectivity index (χ4v) is 2.13. The summed E-state index contributed by atoms with van der Waals surface area (Å²) in [6, 6.07) is 5.93. The van der Waals surface area contributed by atoms with Crippen LogP contribution in [0.4, 0.5) is 5.82 Å². The largest absolute Gasteiger partial charge is 0.454 e. The van der Waals surface area contributed by atoms with Gasteiger partial charge in [0.2, 0.25) is 6.79 Å². The van der Waals surface area contributed by atoms with Crippen molar-refractivity contribution in [3.8, 4) is 11.5 Å². The summed E-state index contributed by atoms with van der Waals surface area (Å²) in [7, 11) is 1.71. The van der Waals surface area contributed by atoms with Gasteiger partial charge < -0.3 is 19.5 Å². The molecule has 0 unspecified atom stereocenters. The lowest BCUT2D eigenvalue weighted by atomic mass is 10.1. The molecule has 5 nitrogen and oxygen atoms in total. The fourth-order valence-electron chi connectivity index (χ4n) is 2.13. The van der Waals surface area contributed by atoms with E-state index in [4.69, 9.17) is 14.2 Å². The first kappa shape index (κ1) is 12.0. The highest BCUT2D eigenvalue weighted by molar-refractivity contribution is 5.94. The summed E-state index contributed by atoms with van der Waals surface area (Å²) in [4.78, 5) is 4.38. The van der Waals surface area contributed by atoms with Crippen molar-refractivity contribution in [2.45, 2.75) is 6.42 Å². The molecule has 100 valence electrons. The average molecular weight is 260 g/mol. The van der Waals surface area contributed by atoms with Crippen LogP contribution in [0.2, 0.25) is 0 Å². The van der Waals surface area contributed by atoms with E-state index in [0.717, 1.165) is 47.7 Å². The van der Waals surface area contributed by atoms with Gasteiger partial charge >= 0.3 is 0 Å². The number of hydrogen-bond donors (Lipinski definition) is 1. The van der Waals surface area contributed by atoms with Gasteiger partial charge in [0.1, 0.15) is 5.82 Å². The normalized spacial score (nSPS) is 12.9. The summed E-state index contributed by atoms with van der Waals surface area (Å²) < 4.78 is 15.8. The van der Waals surface area contributed by atoms with Crippen LogP contribution < -0.4 is 14.8 Å². The van der Waals surface area contributed by atoms with Gasteiger partial charge in [-0.15, -0.1) is 0 Å². The van der Waals surface area contributed by atoms with E-state index < -0.39 is 0 Å². The highest BCUT2D eigenvalue weighted by Crippen LogP contribution is 2.37. The molecule has 2 heterocycles. The van der Waals surface area contributed by atoms with Crippen molar-refractivity contribution in [2.24, 2.45) is 0 Å². The molecule has 1 aromatic carbocycles. The van der Waals surface area contributed by atoms with Gasteiger partial charge in [0, 0.05) is 31.8 Å². The third-order valence-electron chi connectivity index (χ3n) is 3.08. The van der Waals surface area contributed by atoms with Gasteiger partial charge in [0.15, 0.2) is 11.5 Å². The zero-order chi connectivity index (χ0) is 13.1. The van der Waals surface area contributed by atoms with Gasteiger partial charge in [-0.25, -0.2) is 4.98 Å². The van der Waals surface area contributed by atoms with Crippen LogP contribution in [0.15, 0.2) is 24.4 Å². The number of methoxy groups -OCH3 is 1. The van der Waals surface area contributed by atoms with Crippen molar-refractivity contribution in [1.82, 2.24) is 4.98 Å². The van der Waals surface area contributed by atoms with Crippen molar-refractivity contribution in [3.05, 3.63) is 24.4 Å². The topological polar surface area (TPSA) is 52.6 Å². The predicted molar refractivity (Wildman–Crippen MR) is 72.8 cm³/mol. The number of ether oxygens (including phenoxy) is 3. The molecule has 0 fully saturated rings. The fraction of sp³-hybridized carbons (Fsp3) is 0.357. The van der Waals surface area contributed by atoms with Crippen molar-refractivity contribution >= 4 is 16.6 Å². The number of fused-ring (bicyclic) bond motifs is 2. The molecule has 1 N–H and O–H groups in total. The molecular weight excluding hydrogens is 244 g/mol. The van der Waals surface area contributed by atoms with Crippen LogP contribution in [0.1, 0.15) is 6.42 Å². The molecule has 0 saturated heterocycles. The van der Waals surface area contributed by atoms with Gasteiger partial charge in [-0.1, -0.05) is 0 Å². The number of rotatable bonds is 5. The maximum atomic E-state index is 5.41. The summed E-state index contributed by atoms with van der Waals surface area (Å²) in [5, 5.41) is 5.46. The van der Waals surface area contributed by atoms with Crippen LogP contribution in [0.25, 0.3) is 10.8 Å². The minimum atomic E-state index is 0.287. The van der Waals surface area contributed by atoms with Crippen molar-refractivity contribution in [2.75, 3.05) is 32.4 Å². The Hall–Kier alpha value is -2.01. The van der Waals surface area contributed by atoms with Gasteiger partial charge in [0.25, 0.3) is 0 Å². The molecule has 0 radical (unpaired) electrons. The van der Waals surface area contributed by atoms with Gasteiger partial charge in [-0.2, -0.15) is 0 Å². The summed E-state index contributed by atoms with van der Waals surface area (Å²) in [6.07, 6.45) is 2.74. The third kappa shape index (κ3) is 2.42. The summed E-state index contributed by atoms with van der Waals surface area (Å²) in [6.45, 7) is 1.86. The molecule has 5 heteroatoms. The van der Waals surface area contributed by atoms with Crippen LogP contribution in [0.5, 0.6) is 11.5 Å². The van der Waals surface area contributed by atoms with E-state index in [-0.39, 0.29) is 6.79 Å². The molecule has 0 spiro atoms. The summed E-state index contributed by atoms with van der Waals surface area (Å²) >= 11 is 0. The average Bonchev–Trinajstić information content (AvgIpc) is 2.88. The summed E-state index contributed by atoms with van der Waals surface area (Å²) in [5.41, 5.74) is 0. The zero-order valence-electron chi connectivity index (χ0n) is 10.8. The second-order valence-corrected chi connectivity index (χ2v) is 4.36. The molecule has 19 heavy (non-hydrogen) atoms. The Labute approximate surface area is 111 Å². The van der Waals surface area contributed by atoms with Crippen molar-refractivity contribution in [1.29, 1.82) is 0 Å². The van der Waals surface area contributed by atoms with Crippen LogP contribution in [-0.4, -0.2) is 32.0 Å². The lowest BCUT2D eigenvalue weighted by molar-refractivity contribution is 0.174. The van der Waals surface area contributed by atoms with E-state index in [2.05, 4.69) is 10.3 Å². The number of benzene rings is 1. The van der Waals surface area contributed by atoms with E-state index >= 15 is 0 Å². The number of anilines is 1. The third-order valence-corrected chi connectivity index (χ3v) is 3.08. The van der Waals surface area contributed by atoms with Crippen LogP contribution in [0.3, 0.4) is 0 Å². The smallest absolute Gasteiger partial charge is 0.231 e. The molecule has 1 aromatic heterocycles. The van der Waals surface area contributed by atoms with Gasteiger partial charge in [-0.3, -0.25) is 0 Å². The van der Waals surface area contributed by atoms with E-state index in [0.29, 0.717) is 0 Å². The number of hydrogen-bond acceptors (Lipinski definition) is 5. The number of nitrogens with one attached hydrogen (secondary N) is 1. The maximum Gasteiger partial charge on any atom is 0.231 e. The lowest BCUT2D eigenvalue weighted by Crippen LogP contribution is -2.06. The molecule has 3 rings (SSSR count). The molecular formula is C14H16N2O3. The van der Waals surface area contributed by atoms with E-state index in [1.54, 1.807) is 13.3 Å². The molecule has 1 aliphatic heterocycles. The SMILES string of the molecule is COCCCNc1nccc2cc3c(cc12)OCO3. The monoisotopic (exact) mass is 260 g/mol.